The Labute approximate surface area is 127 Å². The predicted molar refractivity (Wildman–Crippen MR) is 82.1 cm³/mol. The summed E-state index contributed by atoms with van der Waals surface area (Å²) in [6, 6.07) is 10.2. The zero-order chi connectivity index (χ0) is 14.7. The van der Waals surface area contributed by atoms with Crippen molar-refractivity contribution in [3.05, 3.63) is 57.6 Å². The van der Waals surface area contributed by atoms with Gasteiger partial charge in [-0.1, -0.05) is 29.3 Å². The zero-order valence-electron chi connectivity index (χ0n) is 11.0. The third-order valence-electron chi connectivity index (χ3n) is 2.82. The van der Waals surface area contributed by atoms with Crippen molar-refractivity contribution >= 4 is 34.8 Å². The fourth-order valence-corrected chi connectivity index (χ4v) is 2.10. The first kappa shape index (κ1) is 14.7. The lowest BCUT2D eigenvalue weighted by molar-refractivity contribution is 0.102. The second-order valence-corrected chi connectivity index (χ2v) is 5.11. The second-order valence-electron chi connectivity index (χ2n) is 4.27. The molecule has 0 aromatic heterocycles. The minimum absolute atomic E-state index is 0.257. The molecule has 0 unspecified atom stereocenters. The van der Waals surface area contributed by atoms with Crippen molar-refractivity contribution in [1.29, 1.82) is 0 Å². The normalized spacial score (nSPS) is 10.2. The van der Waals surface area contributed by atoms with E-state index in [1.165, 1.54) is 7.11 Å². The maximum Gasteiger partial charge on any atom is 0.255 e. The van der Waals surface area contributed by atoms with Crippen molar-refractivity contribution in [2.45, 2.75) is 6.92 Å². The first-order chi connectivity index (χ1) is 9.51. The quantitative estimate of drug-likeness (QED) is 0.902. The van der Waals surface area contributed by atoms with E-state index in [4.69, 9.17) is 27.9 Å². The molecule has 0 atom stereocenters. The molecule has 0 aliphatic heterocycles. The summed E-state index contributed by atoms with van der Waals surface area (Å²) in [5, 5.41) is 3.89. The van der Waals surface area contributed by atoms with Crippen LogP contribution in [0, 0.1) is 6.92 Å². The Morgan fingerprint density at radius 3 is 2.60 bits per heavy atom. The van der Waals surface area contributed by atoms with E-state index in [0.29, 0.717) is 27.0 Å². The van der Waals surface area contributed by atoms with Crippen molar-refractivity contribution in [1.82, 2.24) is 0 Å². The Hall–Kier alpha value is -1.71. The molecule has 20 heavy (non-hydrogen) atoms. The Balaban J connectivity index is 2.30. The molecule has 0 bridgehead atoms. The molecule has 0 fully saturated rings. The minimum atomic E-state index is -0.257. The Bertz CT molecular complexity index is 656. The SMILES string of the molecule is COc1cc(Cl)c(C)cc1NC(=O)c1cccc(Cl)c1. The highest BCUT2D eigenvalue weighted by atomic mass is 35.5. The van der Waals surface area contributed by atoms with Gasteiger partial charge < -0.3 is 10.1 Å². The molecular formula is C15H13Cl2NO2. The number of rotatable bonds is 3. The second kappa shape index (κ2) is 6.16. The maximum absolute atomic E-state index is 12.2. The highest BCUT2D eigenvalue weighted by molar-refractivity contribution is 6.32. The number of aryl methyl sites for hydroxylation is 1. The third kappa shape index (κ3) is 3.24. The number of halogens is 2. The maximum atomic E-state index is 12.2. The van der Waals surface area contributed by atoms with Crippen LogP contribution in [0.5, 0.6) is 5.75 Å². The fraction of sp³-hybridized carbons (Fsp3) is 0.133. The summed E-state index contributed by atoms with van der Waals surface area (Å²) in [5.41, 5.74) is 1.90. The first-order valence-electron chi connectivity index (χ1n) is 5.92. The zero-order valence-corrected chi connectivity index (χ0v) is 12.5. The van der Waals surface area contributed by atoms with Gasteiger partial charge in [0.1, 0.15) is 5.75 Å². The van der Waals surface area contributed by atoms with Crippen molar-refractivity contribution in [3.8, 4) is 5.75 Å². The molecule has 5 heteroatoms. The van der Waals surface area contributed by atoms with Gasteiger partial charge >= 0.3 is 0 Å². The lowest BCUT2D eigenvalue weighted by Gasteiger charge is -2.12. The highest BCUT2D eigenvalue weighted by Gasteiger charge is 2.12. The highest BCUT2D eigenvalue weighted by Crippen LogP contribution is 2.31. The van der Waals surface area contributed by atoms with Gasteiger partial charge in [0, 0.05) is 21.7 Å². The molecule has 2 aromatic carbocycles. The van der Waals surface area contributed by atoms with Crippen LogP contribution in [0.3, 0.4) is 0 Å². The van der Waals surface area contributed by atoms with Gasteiger partial charge in [-0.2, -0.15) is 0 Å². The van der Waals surface area contributed by atoms with E-state index in [-0.39, 0.29) is 5.91 Å². The molecule has 0 heterocycles. The minimum Gasteiger partial charge on any atom is -0.495 e. The van der Waals surface area contributed by atoms with Crippen molar-refractivity contribution in [2.24, 2.45) is 0 Å². The molecule has 104 valence electrons. The molecule has 0 radical (unpaired) electrons. The van der Waals surface area contributed by atoms with Crippen molar-refractivity contribution in [2.75, 3.05) is 12.4 Å². The van der Waals surface area contributed by atoms with Crippen LogP contribution in [0.4, 0.5) is 5.69 Å². The average molecular weight is 310 g/mol. The van der Waals surface area contributed by atoms with Crippen LogP contribution in [0.2, 0.25) is 10.0 Å². The van der Waals surface area contributed by atoms with Crippen LogP contribution in [-0.2, 0) is 0 Å². The number of ether oxygens (including phenoxy) is 1. The van der Waals surface area contributed by atoms with Crippen LogP contribution in [0.15, 0.2) is 36.4 Å². The van der Waals surface area contributed by atoms with Gasteiger partial charge in [0.2, 0.25) is 0 Å². The van der Waals surface area contributed by atoms with Crippen LogP contribution in [-0.4, -0.2) is 13.0 Å². The first-order valence-corrected chi connectivity index (χ1v) is 6.68. The van der Waals surface area contributed by atoms with E-state index < -0.39 is 0 Å². The number of hydrogen-bond acceptors (Lipinski definition) is 2. The molecule has 2 rings (SSSR count). The molecule has 0 saturated carbocycles. The van der Waals surface area contributed by atoms with Gasteiger partial charge in [-0.3, -0.25) is 4.79 Å². The van der Waals surface area contributed by atoms with Gasteiger partial charge in [0.05, 0.1) is 12.8 Å². The van der Waals surface area contributed by atoms with E-state index in [1.807, 2.05) is 6.92 Å². The van der Waals surface area contributed by atoms with Crippen molar-refractivity contribution < 1.29 is 9.53 Å². The third-order valence-corrected chi connectivity index (χ3v) is 3.46. The number of amides is 1. The van der Waals surface area contributed by atoms with Crippen LogP contribution in [0.1, 0.15) is 15.9 Å². The molecule has 0 aliphatic rings. The smallest absolute Gasteiger partial charge is 0.255 e. The van der Waals surface area contributed by atoms with Crippen LogP contribution in [0.25, 0.3) is 0 Å². The molecule has 0 spiro atoms. The summed E-state index contributed by atoms with van der Waals surface area (Å²) in [7, 11) is 1.52. The van der Waals surface area contributed by atoms with Crippen LogP contribution >= 0.6 is 23.2 Å². The molecule has 2 aromatic rings. The number of carbonyl (C=O) groups excluding carboxylic acids is 1. The molecular weight excluding hydrogens is 297 g/mol. The average Bonchev–Trinajstić information content (AvgIpc) is 2.42. The molecule has 1 N–H and O–H groups in total. The summed E-state index contributed by atoms with van der Waals surface area (Å²) in [6.07, 6.45) is 0. The summed E-state index contributed by atoms with van der Waals surface area (Å²) in [6.45, 7) is 1.86. The molecule has 3 nitrogen and oxygen atoms in total. The number of nitrogens with one attached hydrogen (secondary N) is 1. The van der Waals surface area contributed by atoms with E-state index in [0.717, 1.165) is 5.56 Å². The monoisotopic (exact) mass is 309 g/mol. The Morgan fingerprint density at radius 1 is 1.20 bits per heavy atom. The largest absolute Gasteiger partial charge is 0.495 e. The van der Waals surface area contributed by atoms with Gasteiger partial charge in [0.15, 0.2) is 0 Å². The van der Waals surface area contributed by atoms with Gasteiger partial charge in [-0.25, -0.2) is 0 Å². The summed E-state index contributed by atoms with van der Waals surface area (Å²) in [5.74, 6) is 0.253. The summed E-state index contributed by atoms with van der Waals surface area (Å²) in [4.78, 5) is 12.2. The molecule has 0 saturated heterocycles. The number of anilines is 1. The summed E-state index contributed by atoms with van der Waals surface area (Å²) < 4.78 is 5.22. The van der Waals surface area contributed by atoms with Crippen LogP contribution < -0.4 is 10.1 Å². The van der Waals surface area contributed by atoms with E-state index in [2.05, 4.69) is 5.32 Å². The topological polar surface area (TPSA) is 38.3 Å². The predicted octanol–water partition coefficient (Wildman–Crippen LogP) is 4.56. The standard InChI is InChI=1S/C15H13Cl2NO2/c1-9-6-13(14(20-2)8-12(9)17)18-15(19)10-4-3-5-11(16)7-10/h3-8H,1-2H3,(H,18,19). The lowest BCUT2D eigenvalue weighted by atomic mass is 10.1. The van der Waals surface area contributed by atoms with Gasteiger partial charge in [-0.05, 0) is 36.8 Å². The molecule has 0 aliphatic carbocycles. The lowest BCUT2D eigenvalue weighted by Crippen LogP contribution is -2.12. The van der Waals surface area contributed by atoms with Gasteiger partial charge in [0.25, 0.3) is 5.91 Å². The molecule has 1 amide bonds. The fourth-order valence-electron chi connectivity index (χ4n) is 1.75. The number of benzene rings is 2. The van der Waals surface area contributed by atoms with E-state index in [1.54, 1.807) is 36.4 Å². The van der Waals surface area contributed by atoms with Crippen molar-refractivity contribution in [3.63, 3.8) is 0 Å². The van der Waals surface area contributed by atoms with Gasteiger partial charge in [-0.15, -0.1) is 0 Å². The Kier molecular flexibility index (Phi) is 4.53. The number of carbonyl (C=O) groups is 1. The number of hydrogen-bond donors (Lipinski definition) is 1. The Morgan fingerprint density at radius 2 is 1.95 bits per heavy atom. The number of methoxy groups -OCH3 is 1. The summed E-state index contributed by atoms with van der Waals surface area (Å²) >= 11 is 11.9. The van der Waals surface area contributed by atoms with E-state index >= 15 is 0 Å². The van der Waals surface area contributed by atoms with E-state index in [9.17, 15) is 4.79 Å².